The molecule has 0 unspecified atom stereocenters. The van der Waals surface area contributed by atoms with Crippen LogP contribution in [0.25, 0.3) is 0 Å². The molecule has 7 heteroatoms. The molecule has 1 aromatic rings. The standard InChI is InChI=1S/C13H16F4N2O/c14-8-7-9(15)13(17)11(12(8)16)10(1-6-20)19-4-2-18-3-5-19/h7,10,18,20H,1-6H2/t10-/m1/s1. The van der Waals surface area contributed by atoms with Gasteiger partial charge in [-0.2, -0.15) is 0 Å². The summed E-state index contributed by atoms with van der Waals surface area (Å²) in [7, 11) is 0. The number of benzene rings is 1. The number of nitrogens with one attached hydrogen (secondary N) is 1. The number of aliphatic hydroxyl groups excluding tert-OH is 1. The van der Waals surface area contributed by atoms with E-state index in [0.29, 0.717) is 26.2 Å². The molecule has 0 amide bonds. The topological polar surface area (TPSA) is 35.5 Å². The minimum absolute atomic E-state index is 0.0106. The highest BCUT2D eigenvalue weighted by Crippen LogP contribution is 2.31. The molecular formula is C13H16F4N2O. The van der Waals surface area contributed by atoms with Gasteiger partial charge >= 0.3 is 0 Å². The molecule has 20 heavy (non-hydrogen) atoms. The molecule has 112 valence electrons. The largest absolute Gasteiger partial charge is 0.396 e. The first kappa shape index (κ1) is 15.2. The third-order valence-corrected chi connectivity index (χ3v) is 3.47. The molecular weight excluding hydrogens is 276 g/mol. The first-order valence-electron chi connectivity index (χ1n) is 6.44. The average Bonchev–Trinajstić information content (AvgIpc) is 2.45. The third kappa shape index (κ3) is 2.94. The van der Waals surface area contributed by atoms with Crippen LogP contribution >= 0.6 is 0 Å². The van der Waals surface area contributed by atoms with Crippen LogP contribution < -0.4 is 5.32 Å². The molecule has 1 aliphatic rings. The Morgan fingerprint density at radius 2 is 1.65 bits per heavy atom. The van der Waals surface area contributed by atoms with Crippen molar-refractivity contribution >= 4 is 0 Å². The van der Waals surface area contributed by atoms with Gasteiger partial charge < -0.3 is 10.4 Å². The van der Waals surface area contributed by atoms with Crippen LogP contribution in [0.2, 0.25) is 0 Å². The second kappa shape index (κ2) is 6.51. The zero-order valence-electron chi connectivity index (χ0n) is 10.8. The van der Waals surface area contributed by atoms with E-state index in [4.69, 9.17) is 5.11 Å². The van der Waals surface area contributed by atoms with E-state index in [1.54, 1.807) is 4.90 Å². The van der Waals surface area contributed by atoms with E-state index >= 15 is 0 Å². The number of nitrogens with zero attached hydrogens (tertiary/aromatic N) is 1. The molecule has 1 aromatic carbocycles. The summed E-state index contributed by atoms with van der Waals surface area (Å²) >= 11 is 0. The fraction of sp³-hybridized carbons (Fsp3) is 0.538. The van der Waals surface area contributed by atoms with E-state index in [-0.39, 0.29) is 19.1 Å². The number of hydrogen-bond donors (Lipinski definition) is 2. The lowest BCUT2D eigenvalue weighted by Gasteiger charge is -2.35. The van der Waals surface area contributed by atoms with Crippen LogP contribution in [0, 0.1) is 23.3 Å². The van der Waals surface area contributed by atoms with Gasteiger partial charge in [0.25, 0.3) is 0 Å². The maximum Gasteiger partial charge on any atom is 0.166 e. The van der Waals surface area contributed by atoms with Gasteiger partial charge in [-0.1, -0.05) is 0 Å². The first-order chi connectivity index (χ1) is 9.56. The number of rotatable bonds is 4. The van der Waals surface area contributed by atoms with Crippen molar-refractivity contribution in [2.45, 2.75) is 12.5 Å². The molecule has 2 rings (SSSR count). The molecule has 0 bridgehead atoms. The van der Waals surface area contributed by atoms with Gasteiger partial charge in [-0.25, -0.2) is 17.6 Å². The van der Waals surface area contributed by atoms with Crippen LogP contribution in [0.5, 0.6) is 0 Å². The highest BCUT2D eigenvalue weighted by Gasteiger charge is 2.30. The summed E-state index contributed by atoms with van der Waals surface area (Å²) in [5.41, 5.74) is -0.640. The number of halogens is 4. The second-order valence-electron chi connectivity index (χ2n) is 4.70. The Bertz CT molecular complexity index is 452. The fourth-order valence-corrected chi connectivity index (χ4v) is 2.51. The van der Waals surface area contributed by atoms with Crippen molar-refractivity contribution in [1.82, 2.24) is 10.2 Å². The highest BCUT2D eigenvalue weighted by molar-refractivity contribution is 5.26. The summed E-state index contributed by atoms with van der Waals surface area (Å²) in [6.07, 6.45) is 0.0106. The van der Waals surface area contributed by atoms with Gasteiger partial charge in [0, 0.05) is 50.5 Å². The van der Waals surface area contributed by atoms with Gasteiger partial charge in [0.05, 0.1) is 0 Å². The van der Waals surface area contributed by atoms with E-state index in [1.165, 1.54) is 0 Å². The van der Waals surface area contributed by atoms with Crippen LogP contribution in [0.1, 0.15) is 18.0 Å². The Morgan fingerprint density at radius 1 is 1.10 bits per heavy atom. The van der Waals surface area contributed by atoms with Gasteiger partial charge in [-0.3, -0.25) is 4.90 Å². The lowest BCUT2D eigenvalue weighted by Crippen LogP contribution is -2.45. The van der Waals surface area contributed by atoms with Crippen molar-refractivity contribution in [3.8, 4) is 0 Å². The van der Waals surface area contributed by atoms with Crippen LogP contribution in [0.4, 0.5) is 17.6 Å². The van der Waals surface area contributed by atoms with Crippen molar-refractivity contribution in [3.63, 3.8) is 0 Å². The SMILES string of the molecule is OCC[C@H](c1c(F)c(F)cc(F)c1F)N1CCNCC1. The average molecular weight is 292 g/mol. The van der Waals surface area contributed by atoms with Crippen LogP contribution in [-0.4, -0.2) is 42.8 Å². The Balaban J connectivity index is 2.42. The van der Waals surface area contributed by atoms with E-state index in [2.05, 4.69) is 5.32 Å². The van der Waals surface area contributed by atoms with Gasteiger partial charge in [-0.15, -0.1) is 0 Å². The zero-order chi connectivity index (χ0) is 14.7. The predicted molar refractivity (Wildman–Crippen MR) is 65.2 cm³/mol. The molecule has 1 fully saturated rings. The van der Waals surface area contributed by atoms with Crippen molar-refractivity contribution in [2.75, 3.05) is 32.8 Å². The van der Waals surface area contributed by atoms with Gasteiger partial charge in [0.2, 0.25) is 0 Å². The Kier molecular flexibility index (Phi) is 4.95. The van der Waals surface area contributed by atoms with E-state index in [9.17, 15) is 17.6 Å². The number of aliphatic hydroxyl groups is 1. The minimum atomic E-state index is -1.42. The summed E-state index contributed by atoms with van der Waals surface area (Å²) in [4.78, 5) is 1.72. The molecule has 0 aliphatic carbocycles. The lowest BCUT2D eigenvalue weighted by atomic mass is 9.99. The molecule has 0 radical (unpaired) electrons. The van der Waals surface area contributed by atoms with Crippen LogP contribution in [0.15, 0.2) is 6.07 Å². The second-order valence-corrected chi connectivity index (χ2v) is 4.70. The first-order valence-corrected chi connectivity index (χ1v) is 6.44. The van der Waals surface area contributed by atoms with Crippen molar-refractivity contribution in [3.05, 3.63) is 34.9 Å². The number of hydrogen-bond acceptors (Lipinski definition) is 3. The van der Waals surface area contributed by atoms with E-state index in [1.807, 2.05) is 0 Å². The molecule has 1 atom stereocenters. The molecule has 0 saturated carbocycles. The normalized spacial score (nSPS) is 18.2. The van der Waals surface area contributed by atoms with E-state index in [0.717, 1.165) is 0 Å². The predicted octanol–water partition coefficient (Wildman–Crippen LogP) is 1.57. The van der Waals surface area contributed by atoms with Gasteiger partial charge in [0.1, 0.15) is 0 Å². The molecule has 2 N–H and O–H groups in total. The molecule has 1 saturated heterocycles. The quantitative estimate of drug-likeness (QED) is 0.653. The molecule has 0 spiro atoms. The molecule has 0 aromatic heterocycles. The van der Waals surface area contributed by atoms with Crippen molar-refractivity contribution < 1.29 is 22.7 Å². The fourth-order valence-electron chi connectivity index (χ4n) is 2.51. The Morgan fingerprint density at radius 3 is 2.15 bits per heavy atom. The maximum atomic E-state index is 13.9. The smallest absolute Gasteiger partial charge is 0.166 e. The zero-order valence-corrected chi connectivity index (χ0v) is 10.8. The van der Waals surface area contributed by atoms with Gasteiger partial charge in [0.15, 0.2) is 23.3 Å². The van der Waals surface area contributed by atoms with Gasteiger partial charge in [-0.05, 0) is 6.42 Å². The number of piperazine rings is 1. The summed E-state index contributed by atoms with van der Waals surface area (Å²) < 4.78 is 54.4. The minimum Gasteiger partial charge on any atom is -0.396 e. The maximum absolute atomic E-state index is 13.9. The summed E-state index contributed by atoms with van der Waals surface area (Å²) in [6.45, 7) is 1.88. The van der Waals surface area contributed by atoms with Crippen molar-refractivity contribution in [1.29, 1.82) is 0 Å². The van der Waals surface area contributed by atoms with E-state index < -0.39 is 34.9 Å². The monoisotopic (exact) mass is 292 g/mol. The van der Waals surface area contributed by atoms with Crippen LogP contribution in [0.3, 0.4) is 0 Å². The van der Waals surface area contributed by atoms with Crippen molar-refractivity contribution in [2.24, 2.45) is 0 Å². The summed E-state index contributed by atoms with van der Waals surface area (Å²) in [6, 6.07) is -0.686. The lowest BCUT2D eigenvalue weighted by molar-refractivity contribution is 0.134. The van der Waals surface area contributed by atoms with Crippen LogP contribution in [-0.2, 0) is 0 Å². The molecule has 3 nitrogen and oxygen atoms in total. The Hall–Kier alpha value is -1.18. The summed E-state index contributed by atoms with van der Waals surface area (Å²) in [5.74, 6) is -5.62. The highest BCUT2D eigenvalue weighted by atomic mass is 19.2. The summed E-state index contributed by atoms with van der Waals surface area (Å²) in [5, 5.41) is 12.1. The molecule has 1 aliphatic heterocycles. The Labute approximate surface area is 114 Å². The molecule has 1 heterocycles. The third-order valence-electron chi connectivity index (χ3n) is 3.47.